The number of carbonyl (C=O) groups excluding carboxylic acids is 3. The summed E-state index contributed by atoms with van der Waals surface area (Å²) in [6.07, 6.45) is 2.42. The van der Waals surface area contributed by atoms with E-state index in [2.05, 4.69) is 5.32 Å². The number of amides is 3. The summed E-state index contributed by atoms with van der Waals surface area (Å²) in [5.41, 5.74) is 0.267. The van der Waals surface area contributed by atoms with E-state index in [-0.39, 0.29) is 23.8 Å². The van der Waals surface area contributed by atoms with Crippen molar-refractivity contribution in [3.8, 4) is 0 Å². The maximum Gasteiger partial charge on any atom is 0.407 e. The second-order valence-corrected chi connectivity index (χ2v) is 8.14. The monoisotopic (exact) mass is 358 g/mol. The molecule has 3 amide bonds. The fourth-order valence-electron chi connectivity index (χ4n) is 3.68. The molecule has 1 aromatic rings. The molecule has 1 aliphatic heterocycles. The molecule has 1 heterocycles. The zero-order valence-electron chi connectivity index (χ0n) is 15.7. The molecule has 3 rings (SSSR count). The standard InChI is InChI=1S/C20H26N2O4/c1-12(21-19(25)26-20(2,3)4)16(13-8-7-9-13)22-17(23)14-10-5-6-11-15(14)18(22)24/h5-6,10-13,16H,7-9H2,1-4H3,(H,21,25)/t12-,16-/m0/s1. The second-order valence-electron chi connectivity index (χ2n) is 8.14. The summed E-state index contributed by atoms with van der Waals surface area (Å²) in [5.74, 6) is -0.358. The highest BCUT2D eigenvalue weighted by atomic mass is 16.6. The van der Waals surface area contributed by atoms with Gasteiger partial charge in [-0.3, -0.25) is 14.5 Å². The van der Waals surface area contributed by atoms with Gasteiger partial charge in [-0.05, 0) is 58.6 Å². The van der Waals surface area contributed by atoms with Gasteiger partial charge in [-0.15, -0.1) is 0 Å². The third kappa shape index (κ3) is 3.45. The van der Waals surface area contributed by atoms with Crippen LogP contribution in [0.5, 0.6) is 0 Å². The second kappa shape index (κ2) is 6.74. The predicted molar refractivity (Wildman–Crippen MR) is 96.9 cm³/mol. The minimum Gasteiger partial charge on any atom is -0.444 e. The summed E-state index contributed by atoms with van der Waals surface area (Å²) in [5, 5.41) is 2.82. The van der Waals surface area contributed by atoms with E-state index in [1.165, 1.54) is 4.90 Å². The molecule has 1 N–H and O–H groups in total. The molecule has 0 unspecified atom stereocenters. The Kier molecular flexibility index (Phi) is 4.78. The van der Waals surface area contributed by atoms with Crippen LogP contribution in [0.25, 0.3) is 0 Å². The van der Waals surface area contributed by atoms with Gasteiger partial charge in [-0.2, -0.15) is 0 Å². The lowest BCUT2D eigenvalue weighted by molar-refractivity contribution is 0.0304. The zero-order chi connectivity index (χ0) is 19.1. The first kappa shape index (κ1) is 18.4. The van der Waals surface area contributed by atoms with Crippen molar-refractivity contribution in [1.82, 2.24) is 10.2 Å². The molecule has 0 bridgehead atoms. The molecule has 0 aromatic heterocycles. The summed E-state index contributed by atoms with van der Waals surface area (Å²) < 4.78 is 5.33. The van der Waals surface area contributed by atoms with E-state index in [1.54, 1.807) is 45.0 Å². The number of nitrogens with zero attached hydrogens (tertiary/aromatic N) is 1. The van der Waals surface area contributed by atoms with Crippen molar-refractivity contribution in [3.05, 3.63) is 35.4 Å². The Morgan fingerprint density at radius 1 is 1.15 bits per heavy atom. The number of ether oxygens (including phenoxy) is 1. The topological polar surface area (TPSA) is 75.7 Å². The molecule has 1 aromatic carbocycles. The van der Waals surface area contributed by atoms with E-state index in [4.69, 9.17) is 4.74 Å². The van der Waals surface area contributed by atoms with Gasteiger partial charge < -0.3 is 10.1 Å². The SMILES string of the molecule is C[C@H](NC(=O)OC(C)(C)C)[C@@H](C1CCC1)N1C(=O)c2ccccc2C1=O. The van der Waals surface area contributed by atoms with Gasteiger partial charge in [0.1, 0.15) is 5.60 Å². The Morgan fingerprint density at radius 2 is 1.69 bits per heavy atom. The van der Waals surface area contributed by atoms with E-state index < -0.39 is 17.7 Å². The van der Waals surface area contributed by atoms with E-state index in [9.17, 15) is 14.4 Å². The van der Waals surface area contributed by atoms with Crippen LogP contribution in [0.1, 0.15) is 67.7 Å². The summed E-state index contributed by atoms with van der Waals surface area (Å²) in [4.78, 5) is 39.3. The van der Waals surface area contributed by atoms with Crippen molar-refractivity contribution in [1.29, 1.82) is 0 Å². The molecule has 26 heavy (non-hydrogen) atoms. The smallest absolute Gasteiger partial charge is 0.407 e. The fraction of sp³-hybridized carbons (Fsp3) is 0.550. The van der Waals surface area contributed by atoms with E-state index >= 15 is 0 Å². The summed E-state index contributed by atoms with van der Waals surface area (Å²) in [7, 11) is 0. The Bertz CT molecular complexity index is 699. The molecule has 140 valence electrons. The van der Waals surface area contributed by atoms with Crippen LogP contribution in [0, 0.1) is 5.92 Å². The van der Waals surface area contributed by atoms with Crippen LogP contribution in [0.15, 0.2) is 24.3 Å². The molecule has 0 saturated heterocycles. The van der Waals surface area contributed by atoms with Crippen LogP contribution in [-0.2, 0) is 4.74 Å². The van der Waals surface area contributed by atoms with Gasteiger partial charge in [-0.1, -0.05) is 18.6 Å². The van der Waals surface area contributed by atoms with Crippen molar-refractivity contribution < 1.29 is 19.1 Å². The molecule has 6 heteroatoms. The molecular formula is C20H26N2O4. The van der Waals surface area contributed by atoms with Gasteiger partial charge >= 0.3 is 6.09 Å². The molecule has 1 aliphatic carbocycles. The number of rotatable bonds is 4. The summed E-state index contributed by atoms with van der Waals surface area (Å²) >= 11 is 0. The Labute approximate surface area is 153 Å². The largest absolute Gasteiger partial charge is 0.444 e. The molecule has 0 spiro atoms. The van der Waals surface area contributed by atoms with Crippen molar-refractivity contribution in [3.63, 3.8) is 0 Å². The molecular weight excluding hydrogens is 332 g/mol. The summed E-state index contributed by atoms with van der Waals surface area (Å²) in [6, 6.07) is 6.11. The first-order valence-corrected chi connectivity index (χ1v) is 9.15. The molecule has 1 saturated carbocycles. The third-order valence-corrected chi connectivity index (χ3v) is 5.01. The molecule has 1 fully saturated rings. The quantitative estimate of drug-likeness (QED) is 0.838. The molecule has 2 atom stereocenters. The maximum atomic E-state index is 12.9. The number of imide groups is 1. The minimum absolute atomic E-state index is 0.196. The number of alkyl carbamates (subject to hydrolysis) is 1. The number of hydrogen-bond acceptors (Lipinski definition) is 4. The van der Waals surface area contributed by atoms with Gasteiger partial charge in [-0.25, -0.2) is 4.79 Å². The summed E-state index contributed by atoms with van der Waals surface area (Å²) in [6.45, 7) is 7.22. The number of nitrogens with one attached hydrogen (secondary N) is 1. The maximum absolute atomic E-state index is 12.9. The lowest BCUT2D eigenvalue weighted by Gasteiger charge is -2.41. The van der Waals surface area contributed by atoms with E-state index in [0.29, 0.717) is 11.1 Å². The minimum atomic E-state index is -0.606. The normalized spacial score (nSPS) is 19.6. The average Bonchev–Trinajstić information content (AvgIpc) is 2.73. The van der Waals surface area contributed by atoms with Crippen LogP contribution in [0.3, 0.4) is 0 Å². The van der Waals surface area contributed by atoms with E-state index in [1.807, 2.05) is 6.92 Å². The lowest BCUT2D eigenvalue weighted by Crippen LogP contribution is -2.57. The molecule has 2 aliphatic rings. The first-order chi connectivity index (χ1) is 12.2. The van der Waals surface area contributed by atoms with Gasteiger partial charge in [0.05, 0.1) is 23.2 Å². The highest BCUT2D eigenvalue weighted by Gasteiger charge is 2.46. The van der Waals surface area contributed by atoms with Crippen LogP contribution >= 0.6 is 0 Å². The molecule has 0 radical (unpaired) electrons. The van der Waals surface area contributed by atoms with Crippen molar-refractivity contribution in [2.75, 3.05) is 0 Å². The van der Waals surface area contributed by atoms with Crippen LogP contribution in [0.4, 0.5) is 4.79 Å². The van der Waals surface area contributed by atoms with Crippen molar-refractivity contribution in [2.45, 2.75) is 64.6 Å². The predicted octanol–water partition coefficient (Wildman–Crippen LogP) is 3.36. The van der Waals surface area contributed by atoms with Crippen LogP contribution < -0.4 is 5.32 Å². The Hall–Kier alpha value is -2.37. The highest BCUT2D eigenvalue weighted by Crippen LogP contribution is 2.37. The Balaban J connectivity index is 1.82. The number of benzene rings is 1. The van der Waals surface area contributed by atoms with Crippen LogP contribution in [0.2, 0.25) is 0 Å². The van der Waals surface area contributed by atoms with Gasteiger partial charge in [0, 0.05) is 0 Å². The van der Waals surface area contributed by atoms with E-state index in [0.717, 1.165) is 19.3 Å². The number of hydrogen-bond donors (Lipinski definition) is 1. The average molecular weight is 358 g/mol. The highest BCUT2D eigenvalue weighted by molar-refractivity contribution is 6.21. The number of fused-ring (bicyclic) bond motifs is 1. The van der Waals surface area contributed by atoms with Gasteiger partial charge in [0.15, 0.2) is 0 Å². The molecule has 6 nitrogen and oxygen atoms in total. The fourth-order valence-corrected chi connectivity index (χ4v) is 3.68. The van der Waals surface area contributed by atoms with Gasteiger partial charge in [0.2, 0.25) is 0 Å². The van der Waals surface area contributed by atoms with Crippen molar-refractivity contribution in [2.24, 2.45) is 5.92 Å². The number of carbonyl (C=O) groups is 3. The van der Waals surface area contributed by atoms with Crippen molar-refractivity contribution >= 4 is 17.9 Å². The Morgan fingerprint density at radius 3 is 2.12 bits per heavy atom. The zero-order valence-corrected chi connectivity index (χ0v) is 15.7. The van der Waals surface area contributed by atoms with Gasteiger partial charge in [0.25, 0.3) is 11.8 Å². The third-order valence-electron chi connectivity index (χ3n) is 5.01. The van der Waals surface area contributed by atoms with Crippen LogP contribution in [-0.4, -0.2) is 40.5 Å². The first-order valence-electron chi connectivity index (χ1n) is 9.15. The lowest BCUT2D eigenvalue weighted by atomic mass is 9.76.